The quantitative estimate of drug-likeness (QED) is 0.748. The predicted octanol–water partition coefficient (Wildman–Crippen LogP) is 2.83. The lowest BCUT2D eigenvalue weighted by Gasteiger charge is -2.38. The molecular weight excluding hydrogens is 288 g/mol. The molecule has 1 N–H and O–H groups in total. The van der Waals surface area contributed by atoms with Crippen LogP contribution >= 0.6 is 0 Å². The Balaban J connectivity index is 1.85. The van der Waals surface area contributed by atoms with Crippen LogP contribution in [0.25, 0.3) is 0 Å². The molecule has 0 amide bonds. The molecule has 0 spiro atoms. The van der Waals surface area contributed by atoms with Crippen molar-refractivity contribution in [3.8, 4) is 0 Å². The van der Waals surface area contributed by atoms with Gasteiger partial charge in [0.05, 0.1) is 7.11 Å². The number of hydrogen-bond donors (Lipinski definition) is 1. The van der Waals surface area contributed by atoms with Crippen LogP contribution in [0.3, 0.4) is 0 Å². The van der Waals surface area contributed by atoms with Crippen molar-refractivity contribution < 1.29 is 9.53 Å². The van der Waals surface area contributed by atoms with Crippen LogP contribution in [0.1, 0.15) is 38.2 Å². The summed E-state index contributed by atoms with van der Waals surface area (Å²) in [5.74, 6) is 0.481. The second kappa shape index (κ2) is 9.68. The zero-order chi connectivity index (χ0) is 16.5. The zero-order valence-corrected chi connectivity index (χ0v) is 14.5. The molecule has 1 aliphatic heterocycles. The molecule has 0 aliphatic carbocycles. The molecule has 2 rings (SSSR count). The summed E-state index contributed by atoms with van der Waals surface area (Å²) >= 11 is 0. The Hall–Kier alpha value is -1.39. The number of carbonyl (C=O) groups is 1. The summed E-state index contributed by atoms with van der Waals surface area (Å²) in [4.78, 5) is 13.9. The first-order chi connectivity index (χ1) is 11.2. The van der Waals surface area contributed by atoms with E-state index in [9.17, 15) is 4.79 Å². The Kier molecular flexibility index (Phi) is 7.56. The molecule has 1 heterocycles. The third-order valence-corrected chi connectivity index (χ3v) is 4.57. The Morgan fingerprint density at radius 1 is 1.30 bits per heavy atom. The van der Waals surface area contributed by atoms with Gasteiger partial charge in [0, 0.05) is 32.1 Å². The number of likely N-dealkylation sites (tertiary alicyclic amines) is 1. The second-order valence-electron chi connectivity index (χ2n) is 6.54. The number of piperidine rings is 1. The Morgan fingerprint density at radius 3 is 2.78 bits per heavy atom. The number of benzene rings is 1. The molecule has 2 unspecified atom stereocenters. The molecule has 1 aliphatic rings. The third kappa shape index (κ3) is 6.32. The van der Waals surface area contributed by atoms with Crippen LogP contribution in [0.15, 0.2) is 30.3 Å². The van der Waals surface area contributed by atoms with Gasteiger partial charge in [-0.15, -0.1) is 0 Å². The highest BCUT2D eigenvalue weighted by atomic mass is 16.5. The van der Waals surface area contributed by atoms with E-state index in [1.807, 2.05) is 0 Å². The minimum absolute atomic E-state index is 0.0913. The average molecular weight is 318 g/mol. The first-order valence-corrected chi connectivity index (χ1v) is 8.77. The molecule has 128 valence electrons. The van der Waals surface area contributed by atoms with Crippen molar-refractivity contribution in [2.45, 2.75) is 45.2 Å². The fourth-order valence-electron chi connectivity index (χ4n) is 3.44. The second-order valence-corrected chi connectivity index (χ2v) is 6.54. The van der Waals surface area contributed by atoms with Crippen LogP contribution in [-0.4, -0.2) is 43.7 Å². The molecule has 1 aromatic rings. The van der Waals surface area contributed by atoms with Crippen LogP contribution in [0.4, 0.5) is 0 Å². The number of hydrogen-bond acceptors (Lipinski definition) is 4. The maximum Gasteiger partial charge on any atom is 0.305 e. The van der Waals surface area contributed by atoms with Crippen LogP contribution < -0.4 is 5.32 Å². The molecule has 1 fully saturated rings. The van der Waals surface area contributed by atoms with E-state index in [1.54, 1.807) is 0 Å². The van der Waals surface area contributed by atoms with Crippen molar-refractivity contribution in [2.75, 3.05) is 26.7 Å². The van der Waals surface area contributed by atoms with Gasteiger partial charge in [0.15, 0.2) is 0 Å². The summed E-state index contributed by atoms with van der Waals surface area (Å²) in [5.41, 5.74) is 1.33. The fourth-order valence-corrected chi connectivity index (χ4v) is 3.44. The van der Waals surface area contributed by atoms with Crippen LogP contribution in [0.2, 0.25) is 0 Å². The highest BCUT2D eigenvalue weighted by Gasteiger charge is 2.26. The van der Waals surface area contributed by atoms with Crippen molar-refractivity contribution in [1.82, 2.24) is 10.2 Å². The van der Waals surface area contributed by atoms with Gasteiger partial charge < -0.3 is 15.0 Å². The van der Waals surface area contributed by atoms with Crippen LogP contribution in [0.5, 0.6) is 0 Å². The third-order valence-electron chi connectivity index (χ3n) is 4.57. The molecule has 4 heteroatoms. The van der Waals surface area contributed by atoms with Gasteiger partial charge in [-0.3, -0.25) is 4.79 Å². The molecule has 0 aromatic heterocycles. The van der Waals surface area contributed by atoms with Gasteiger partial charge in [0.2, 0.25) is 0 Å². The van der Waals surface area contributed by atoms with Crippen molar-refractivity contribution in [1.29, 1.82) is 0 Å². The number of esters is 1. The monoisotopic (exact) mass is 318 g/mol. The molecule has 0 radical (unpaired) electrons. The smallest absolute Gasteiger partial charge is 0.305 e. The largest absolute Gasteiger partial charge is 0.469 e. The lowest BCUT2D eigenvalue weighted by molar-refractivity contribution is -0.141. The average Bonchev–Trinajstić information content (AvgIpc) is 2.59. The summed E-state index contributed by atoms with van der Waals surface area (Å²) < 4.78 is 4.78. The van der Waals surface area contributed by atoms with Gasteiger partial charge >= 0.3 is 5.97 Å². The Morgan fingerprint density at radius 2 is 2.09 bits per heavy atom. The number of methoxy groups -OCH3 is 1. The minimum atomic E-state index is -0.0913. The summed E-state index contributed by atoms with van der Waals surface area (Å²) in [6.45, 7) is 6.49. The van der Waals surface area contributed by atoms with Gasteiger partial charge in [-0.25, -0.2) is 0 Å². The van der Waals surface area contributed by atoms with E-state index < -0.39 is 0 Å². The molecule has 2 atom stereocenters. The maximum absolute atomic E-state index is 11.4. The highest BCUT2D eigenvalue weighted by Crippen LogP contribution is 2.22. The van der Waals surface area contributed by atoms with Gasteiger partial charge in [-0.05, 0) is 37.3 Å². The SMILES string of the molecule is CCCN1CC(CCC(=O)OC)CC(NCc2ccccc2)C1. The predicted molar refractivity (Wildman–Crippen MR) is 93.2 cm³/mol. The topological polar surface area (TPSA) is 41.6 Å². The lowest BCUT2D eigenvalue weighted by Crippen LogP contribution is -2.49. The first kappa shape index (κ1) is 18.0. The molecule has 0 saturated carbocycles. The van der Waals surface area contributed by atoms with E-state index in [-0.39, 0.29) is 5.97 Å². The first-order valence-electron chi connectivity index (χ1n) is 8.77. The van der Waals surface area contributed by atoms with E-state index in [2.05, 4.69) is 47.5 Å². The molecule has 1 aromatic carbocycles. The Bertz CT molecular complexity index is 464. The number of nitrogens with one attached hydrogen (secondary N) is 1. The summed E-state index contributed by atoms with van der Waals surface area (Å²) in [6, 6.07) is 11.0. The van der Waals surface area contributed by atoms with Crippen molar-refractivity contribution in [2.24, 2.45) is 5.92 Å². The van der Waals surface area contributed by atoms with E-state index in [1.165, 1.54) is 19.1 Å². The van der Waals surface area contributed by atoms with E-state index in [0.717, 1.165) is 39.0 Å². The molecule has 4 nitrogen and oxygen atoms in total. The van der Waals surface area contributed by atoms with Crippen LogP contribution in [0, 0.1) is 5.92 Å². The summed E-state index contributed by atoms with van der Waals surface area (Å²) in [7, 11) is 1.47. The maximum atomic E-state index is 11.4. The molecule has 1 saturated heterocycles. The number of rotatable bonds is 8. The zero-order valence-electron chi connectivity index (χ0n) is 14.5. The van der Waals surface area contributed by atoms with Crippen LogP contribution in [-0.2, 0) is 16.1 Å². The fraction of sp³-hybridized carbons (Fsp3) is 0.632. The van der Waals surface area contributed by atoms with Gasteiger partial charge in [-0.2, -0.15) is 0 Å². The molecular formula is C19H30N2O2. The van der Waals surface area contributed by atoms with E-state index in [4.69, 9.17) is 4.74 Å². The minimum Gasteiger partial charge on any atom is -0.469 e. The van der Waals surface area contributed by atoms with Gasteiger partial charge in [0.25, 0.3) is 0 Å². The standard InChI is InChI=1S/C19H30N2O2/c1-3-11-21-14-17(9-10-19(22)23-2)12-18(15-21)20-13-16-7-5-4-6-8-16/h4-8,17-18,20H,3,9-15H2,1-2H3. The van der Waals surface area contributed by atoms with Crippen molar-refractivity contribution in [3.63, 3.8) is 0 Å². The highest BCUT2D eigenvalue weighted by molar-refractivity contribution is 5.69. The normalized spacial score (nSPS) is 22.0. The van der Waals surface area contributed by atoms with Gasteiger partial charge in [0.1, 0.15) is 0 Å². The van der Waals surface area contributed by atoms with Crippen molar-refractivity contribution in [3.05, 3.63) is 35.9 Å². The number of carbonyl (C=O) groups excluding carboxylic acids is 1. The number of ether oxygens (including phenoxy) is 1. The lowest BCUT2D eigenvalue weighted by atomic mass is 9.90. The van der Waals surface area contributed by atoms with Gasteiger partial charge in [-0.1, -0.05) is 37.3 Å². The van der Waals surface area contributed by atoms with Crippen molar-refractivity contribution >= 4 is 5.97 Å². The van der Waals surface area contributed by atoms with E-state index in [0.29, 0.717) is 18.4 Å². The Labute approximate surface area is 140 Å². The molecule has 0 bridgehead atoms. The summed E-state index contributed by atoms with van der Waals surface area (Å²) in [6.07, 6.45) is 3.78. The summed E-state index contributed by atoms with van der Waals surface area (Å²) in [5, 5.41) is 3.70. The molecule has 23 heavy (non-hydrogen) atoms. The number of nitrogens with zero attached hydrogens (tertiary/aromatic N) is 1. The van der Waals surface area contributed by atoms with E-state index >= 15 is 0 Å².